The van der Waals surface area contributed by atoms with Crippen LogP contribution in [0.5, 0.6) is 0 Å². The van der Waals surface area contributed by atoms with Crippen LogP contribution < -0.4 is 0 Å². The topological polar surface area (TPSA) is 0 Å². The first-order chi connectivity index (χ1) is 7.92. The molecule has 0 nitrogen and oxygen atoms in total. The van der Waals surface area contributed by atoms with Gasteiger partial charge in [0.25, 0.3) is 0 Å². The summed E-state index contributed by atoms with van der Waals surface area (Å²) in [5, 5.41) is 0. The molecule has 0 saturated heterocycles. The quantitative estimate of drug-likeness (QED) is 0.683. The van der Waals surface area contributed by atoms with Crippen LogP contribution in [0.2, 0.25) is 0 Å². The fraction of sp³-hybridized carbons (Fsp3) is 0.188. The molecule has 17 heavy (non-hydrogen) atoms. The number of rotatable bonds is 4. The standard InChI is InChI=1S/C16H17.Li.H/c1-2-9-16(14-10-5-3-6-11-14)15-12-7-4-8-13-15;;/h3-8,10-13H,2,9H2,1H3;;. The molecule has 0 amide bonds. The number of benzene rings is 2. The van der Waals surface area contributed by atoms with Crippen molar-refractivity contribution in [3.8, 4) is 0 Å². The van der Waals surface area contributed by atoms with Gasteiger partial charge in [0.15, 0.2) is 0 Å². The van der Waals surface area contributed by atoms with Crippen LogP contribution in [-0.2, 0) is 0 Å². The molecular formula is C16H18Li. The molecule has 0 N–H and O–H groups in total. The molecule has 0 heterocycles. The Bertz CT molecular complexity index is 369. The zero-order chi connectivity index (χ0) is 11.2. The molecule has 0 atom stereocenters. The predicted molar refractivity (Wildman–Crippen MR) is 76.4 cm³/mol. The van der Waals surface area contributed by atoms with Gasteiger partial charge in [0.05, 0.1) is 0 Å². The Labute approximate surface area is 116 Å². The van der Waals surface area contributed by atoms with E-state index < -0.39 is 0 Å². The third-order valence-electron chi connectivity index (χ3n) is 2.74. The van der Waals surface area contributed by atoms with Crippen molar-refractivity contribution in [3.63, 3.8) is 0 Å². The Hall–Kier alpha value is -0.963. The second kappa shape index (κ2) is 7.38. The van der Waals surface area contributed by atoms with Crippen LogP contribution in [0, 0.1) is 5.92 Å². The first-order valence-electron chi connectivity index (χ1n) is 5.88. The SMILES string of the molecule is CCC[C](c1ccccc1)c1ccccc1.[LiH]. The summed E-state index contributed by atoms with van der Waals surface area (Å²) in [5.74, 6) is 1.45. The number of hydrogen-bond donors (Lipinski definition) is 0. The average Bonchev–Trinajstić information content (AvgIpc) is 2.38. The molecule has 2 rings (SSSR count). The van der Waals surface area contributed by atoms with E-state index in [1.54, 1.807) is 0 Å². The summed E-state index contributed by atoms with van der Waals surface area (Å²) in [6.07, 6.45) is 2.31. The summed E-state index contributed by atoms with van der Waals surface area (Å²) in [6.45, 7) is 2.23. The van der Waals surface area contributed by atoms with Gasteiger partial charge < -0.3 is 0 Å². The Kier molecular flexibility index (Phi) is 6.12. The molecule has 0 aliphatic carbocycles. The van der Waals surface area contributed by atoms with E-state index >= 15 is 0 Å². The first-order valence-corrected chi connectivity index (χ1v) is 5.88. The van der Waals surface area contributed by atoms with Crippen molar-refractivity contribution in [2.75, 3.05) is 0 Å². The van der Waals surface area contributed by atoms with Crippen LogP contribution in [0.15, 0.2) is 60.7 Å². The van der Waals surface area contributed by atoms with Gasteiger partial charge in [-0.2, -0.15) is 0 Å². The second-order valence-electron chi connectivity index (χ2n) is 3.96. The zero-order valence-electron chi connectivity index (χ0n) is 9.69. The van der Waals surface area contributed by atoms with E-state index in [2.05, 4.69) is 67.6 Å². The van der Waals surface area contributed by atoms with Gasteiger partial charge in [-0.1, -0.05) is 74.0 Å². The number of hydrogen-bond acceptors (Lipinski definition) is 0. The van der Waals surface area contributed by atoms with Gasteiger partial charge in [-0.3, -0.25) is 0 Å². The van der Waals surface area contributed by atoms with Gasteiger partial charge in [-0.25, -0.2) is 0 Å². The molecule has 0 unspecified atom stereocenters. The van der Waals surface area contributed by atoms with E-state index in [1.807, 2.05) is 0 Å². The van der Waals surface area contributed by atoms with Crippen LogP contribution >= 0.6 is 0 Å². The molecule has 2 aromatic carbocycles. The molecule has 0 bridgehead atoms. The van der Waals surface area contributed by atoms with E-state index in [0.29, 0.717) is 0 Å². The Morgan fingerprint density at radius 1 is 0.765 bits per heavy atom. The Balaban J connectivity index is 0.00000144. The van der Waals surface area contributed by atoms with E-state index in [4.69, 9.17) is 0 Å². The minimum absolute atomic E-state index is 0. The molecule has 83 valence electrons. The van der Waals surface area contributed by atoms with Gasteiger partial charge in [-0.05, 0) is 17.5 Å². The molecule has 0 aliphatic heterocycles. The second-order valence-corrected chi connectivity index (χ2v) is 3.96. The Morgan fingerprint density at radius 3 is 1.53 bits per heavy atom. The van der Waals surface area contributed by atoms with Gasteiger partial charge in [-0.15, -0.1) is 0 Å². The van der Waals surface area contributed by atoms with Crippen molar-refractivity contribution < 1.29 is 0 Å². The van der Waals surface area contributed by atoms with Gasteiger partial charge in [0, 0.05) is 5.92 Å². The van der Waals surface area contributed by atoms with E-state index in [0.717, 1.165) is 6.42 Å². The molecule has 1 radical (unpaired) electrons. The summed E-state index contributed by atoms with van der Waals surface area (Å²) in [5.41, 5.74) is 2.69. The van der Waals surface area contributed by atoms with Crippen LogP contribution in [0.1, 0.15) is 30.9 Å². The third kappa shape index (κ3) is 3.77. The third-order valence-corrected chi connectivity index (χ3v) is 2.74. The van der Waals surface area contributed by atoms with E-state index in [1.165, 1.54) is 23.5 Å². The predicted octanol–water partition coefficient (Wildman–Crippen LogP) is 3.81. The summed E-state index contributed by atoms with van der Waals surface area (Å²) < 4.78 is 0. The van der Waals surface area contributed by atoms with Crippen molar-refractivity contribution in [1.82, 2.24) is 0 Å². The van der Waals surface area contributed by atoms with Gasteiger partial charge in [0.2, 0.25) is 0 Å². The van der Waals surface area contributed by atoms with Crippen molar-refractivity contribution in [3.05, 3.63) is 77.7 Å². The summed E-state index contributed by atoms with van der Waals surface area (Å²) in [7, 11) is 0. The molecule has 1 heteroatoms. The van der Waals surface area contributed by atoms with Crippen molar-refractivity contribution in [2.24, 2.45) is 0 Å². The molecule has 2 aromatic rings. The molecule has 0 aromatic heterocycles. The van der Waals surface area contributed by atoms with Crippen LogP contribution in [-0.4, -0.2) is 18.9 Å². The summed E-state index contributed by atoms with van der Waals surface area (Å²) >= 11 is 0. The fourth-order valence-corrected chi connectivity index (χ4v) is 1.98. The van der Waals surface area contributed by atoms with Crippen LogP contribution in [0.3, 0.4) is 0 Å². The normalized spacial score (nSPS) is 10.0. The fourth-order valence-electron chi connectivity index (χ4n) is 1.98. The maximum absolute atomic E-state index is 2.23. The van der Waals surface area contributed by atoms with Crippen molar-refractivity contribution in [1.29, 1.82) is 0 Å². The molecule has 0 saturated carbocycles. The average molecular weight is 217 g/mol. The summed E-state index contributed by atoms with van der Waals surface area (Å²) in [4.78, 5) is 0. The molecule has 0 spiro atoms. The van der Waals surface area contributed by atoms with Gasteiger partial charge in [0.1, 0.15) is 0 Å². The molecular weight excluding hydrogens is 199 g/mol. The maximum atomic E-state index is 2.23. The molecule has 0 fully saturated rings. The minimum atomic E-state index is 0. The molecule has 0 aliphatic rings. The van der Waals surface area contributed by atoms with Crippen molar-refractivity contribution in [2.45, 2.75) is 19.8 Å². The van der Waals surface area contributed by atoms with Gasteiger partial charge >= 0.3 is 18.9 Å². The van der Waals surface area contributed by atoms with Crippen LogP contribution in [0.25, 0.3) is 0 Å². The van der Waals surface area contributed by atoms with E-state index in [9.17, 15) is 0 Å². The first kappa shape index (κ1) is 14.1. The summed E-state index contributed by atoms with van der Waals surface area (Å²) in [6, 6.07) is 21.3. The van der Waals surface area contributed by atoms with Crippen LogP contribution in [0.4, 0.5) is 0 Å². The van der Waals surface area contributed by atoms with E-state index in [-0.39, 0.29) is 18.9 Å². The monoisotopic (exact) mass is 217 g/mol. The van der Waals surface area contributed by atoms with Crippen molar-refractivity contribution >= 4 is 18.9 Å². The zero-order valence-corrected chi connectivity index (χ0v) is 9.69. The Morgan fingerprint density at radius 2 is 1.18 bits per heavy atom.